The van der Waals surface area contributed by atoms with Crippen LogP contribution in [0, 0.1) is 0 Å². The van der Waals surface area contributed by atoms with Gasteiger partial charge in [0.25, 0.3) is 0 Å². The summed E-state index contributed by atoms with van der Waals surface area (Å²) in [6, 6.07) is 8.20. The molecule has 1 aromatic heterocycles. The molecule has 6 heteroatoms. The van der Waals surface area contributed by atoms with E-state index >= 15 is 0 Å². The summed E-state index contributed by atoms with van der Waals surface area (Å²) in [5.74, 6) is -0.927. The van der Waals surface area contributed by atoms with Crippen molar-refractivity contribution < 1.29 is 19.4 Å². The van der Waals surface area contributed by atoms with Crippen LogP contribution in [0.15, 0.2) is 35.7 Å². The summed E-state index contributed by atoms with van der Waals surface area (Å²) in [6.45, 7) is 0.300. The zero-order chi connectivity index (χ0) is 13.8. The molecule has 0 bridgehead atoms. The lowest BCUT2D eigenvalue weighted by molar-refractivity contribution is 0.0701. The Balaban J connectivity index is 1.97. The predicted octanol–water partition coefficient (Wildman–Crippen LogP) is 2.12. The van der Waals surface area contributed by atoms with Crippen molar-refractivity contribution in [3.05, 3.63) is 51.7 Å². The lowest BCUT2D eigenvalue weighted by atomic mass is 10.1. The molecular formula is C13H11NO4S. The minimum Gasteiger partial charge on any atom is -0.488 e. The molecule has 19 heavy (non-hydrogen) atoms. The number of hydrogen-bond donors (Lipinski definition) is 2. The molecule has 1 heterocycles. The van der Waals surface area contributed by atoms with Crippen LogP contribution in [0.2, 0.25) is 0 Å². The smallest absolute Gasteiger partial charge is 0.346 e. The molecule has 0 saturated heterocycles. The highest BCUT2D eigenvalue weighted by molar-refractivity contribution is 7.12. The van der Waals surface area contributed by atoms with Crippen molar-refractivity contribution >= 4 is 23.2 Å². The normalized spacial score (nSPS) is 10.1. The van der Waals surface area contributed by atoms with E-state index in [0.717, 1.165) is 16.9 Å². The number of carboxylic acid groups (broad SMARTS) is 1. The molecule has 0 unspecified atom stereocenters. The molecule has 2 aromatic rings. The minimum atomic E-state index is -0.967. The average Bonchev–Trinajstić information content (AvgIpc) is 2.86. The summed E-state index contributed by atoms with van der Waals surface area (Å²) < 4.78 is 5.45. The van der Waals surface area contributed by atoms with Crippen molar-refractivity contribution in [1.82, 2.24) is 0 Å². The fraction of sp³-hybridized carbons (Fsp3) is 0.0769. The molecule has 0 aliphatic rings. The number of benzene rings is 1. The Hall–Kier alpha value is -2.34. The Labute approximate surface area is 113 Å². The molecule has 0 fully saturated rings. The highest BCUT2D eigenvalue weighted by Crippen LogP contribution is 2.22. The molecular weight excluding hydrogens is 266 g/mol. The molecule has 0 atom stereocenters. The van der Waals surface area contributed by atoms with Crippen molar-refractivity contribution in [3.8, 4) is 5.75 Å². The number of amides is 1. The van der Waals surface area contributed by atoms with Crippen LogP contribution in [0.4, 0.5) is 0 Å². The molecule has 98 valence electrons. The Bertz CT molecular complexity index is 603. The molecule has 0 spiro atoms. The third-order valence-electron chi connectivity index (χ3n) is 2.43. The largest absolute Gasteiger partial charge is 0.488 e. The number of hydrogen-bond acceptors (Lipinski definition) is 4. The standard InChI is InChI=1S/C13H11NO4S/c14-12(15)9-3-1-8(2-4-9)6-18-10-5-11(13(16)17)19-7-10/h1-5,7H,6H2,(H2,14,15)(H,16,17). The number of ether oxygens (including phenoxy) is 1. The van der Waals surface area contributed by atoms with Gasteiger partial charge in [0.2, 0.25) is 5.91 Å². The van der Waals surface area contributed by atoms with Crippen LogP contribution in [-0.2, 0) is 6.61 Å². The van der Waals surface area contributed by atoms with Crippen molar-refractivity contribution in [2.75, 3.05) is 0 Å². The molecule has 3 N–H and O–H groups in total. The summed E-state index contributed by atoms with van der Waals surface area (Å²) in [7, 11) is 0. The Morgan fingerprint density at radius 1 is 1.26 bits per heavy atom. The van der Waals surface area contributed by atoms with Gasteiger partial charge in [-0.2, -0.15) is 0 Å². The number of carbonyl (C=O) groups is 2. The van der Waals surface area contributed by atoms with Crippen LogP contribution >= 0.6 is 11.3 Å². The Morgan fingerprint density at radius 3 is 2.47 bits per heavy atom. The van der Waals surface area contributed by atoms with Gasteiger partial charge >= 0.3 is 5.97 Å². The molecule has 1 aromatic carbocycles. The summed E-state index contributed by atoms with van der Waals surface area (Å²) in [5, 5.41) is 10.4. The van der Waals surface area contributed by atoms with E-state index in [4.69, 9.17) is 15.6 Å². The highest BCUT2D eigenvalue weighted by atomic mass is 32.1. The van der Waals surface area contributed by atoms with Gasteiger partial charge in [-0.15, -0.1) is 11.3 Å². The van der Waals surface area contributed by atoms with Crippen molar-refractivity contribution in [2.24, 2.45) is 5.73 Å². The zero-order valence-corrected chi connectivity index (χ0v) is 10.6. The summed E-state index contributed by atoms with van der Waals surface area (Å²) in [5.41, 5.74) is 6.44. The van der Waals surface area contributed by atoms with Gasteiger partial charge in [-0.3, -0.25) is 4.79 Å². The zero-order valence-electron chi connectivity index (χ0n) is 9.83. The highest BCUT2D eigenvalue weighted by Gasteiger charge is 2.07. The summed E-state index contributed by atoms with van der Waals surface area (Å²) in [6.07, 6.45) is 0. The van der Waals surface area contributed by atoms with Crippen LogP contribution in [-0.4, -0.2) is 17.0 Å². The third kappa shape index (κ3) is 3.32. The molecule has 1 amide bonds. The maximum absolute atomic E-state index is 10.9. The van der Waals surface area contributed by atoms with Gasteiger partial charge < -0.3 is 15.6 Å². The number of nitrogens with two attached hydrogens (primary N) is 1. The van der Waals surface area contributed by atoms with E-state index in [1.165, 1.54) is 6.07 Å². The summed E-state index contributed by atoms with van der Waals surface area (Å²) >= 11 is 1.11. The van der Waals surface area contributed by atoms with E-state index in [9.17, 15) is 9.59 Å². The van der Waals surface area contributed by atoms with Crippen LogP contribution in [0.25, 0.3) is 0 Å². The van der Waals surface area contributed by atoms with Crippen molar-refractivity contribution in [3.63, 3.8) is 0 Å². The van der Waals surface area contributed by atoms with Gasteiger partial charge in [-0.05, 0) is 17.7 Å². The molecule has 5 nitrogen and oxygen atoms in total. The minimum absolute atomic E-state index is 0.235. The second-order valence-electron chi connectivity index (χ2n) is 3.80. The van der Waals surface area contributed by atoms with E-state index in [1.807, 2.05) is 0 Å². The van der Waals surface area contributed by atoms with Gasteiger partial charge in [0.15, 0.2) is 0 Å². The quantitative estimate of drug-likeness (QED) is 0.876. The third-order valence-corrected chi connectivity index (χ3v) is 3.33. The first-order valence-corrected chi connectivity index (χ1v) is 6.27. The van der Waals surface area contributed by atoms with Crippen LogP contribution in [0.5, 0.6) is 5.75 Å². The lowest BCUT2D eigenvalue weighted by Crippen LogP contribution is -2.10. The molecule has 2 rings (SSSR count). The van der Waals surface area contributed by atoms with E-state index in [0.29, 0.717) is 17.9 Å². The fourth-order valence-electron chi connectivity index (χ4n) is 1.44. The van der Waals surface area contributed by atoms with E-state index in [1.54, 1.807) is 29.6 Å². The average molecular weight is 277 g/mol. The monoisotopic (exact) mass is 277 g/mol. The number of carboxylic acids is 1. The number of aromatic carboxylic acids is 1. The van der Waals surface area contributed by atoms with Gasteiger partial charge in [0.05, 0.1) is 0 Å². The molecule has 0 aliphatic carbocycles. The van der Waals surface area contributed by atoms with Crippen LogP contribution in [0.3, 0.4) is 0 Å². The second kappa shape index (κ2) is 5.53. The van der Waals surface area contributed by atoms with Gasteiger partial charge in [-0.1, -0.05) is 12.1 Å². The molecule has 0 aliphatic heterocycles. The SMILES string of the molecule is NC(=O)c1ccc(COc2csc(C(=O)O)c2)cc1. The maximum atomic E-state index is 10.9. The lowest BCUT2D eigenvalue weighted by Gasteiger charge is -2.04. The van der Waals surface area contributed by atoms with Crippen molar-refractivity contribution in [2.45, 2.75) is 6.61 Å². The van der Waals surface area contributed by atoms with Gasteiger partial charge in [-0.25, -0.2) is 4.79 Å². The first kappa shape index (κ1) is 13.1. The number of carbonyl (C=O) groups excluding carboxylic acids is 1. The molecule has 0 radical (unpaired) electrons. The topological polar surface area (TPSA) is 89.6 Å². The second-order valence-corrected chi connectivity index (χ2v) is 4.71. The Kier molecular flexibility index (Phi) is 3.82. The Morgan fingerprint density at radius 2 is 1.95 bits per heavy atom. The fourth-order valence-corrected chi connectivity index (χ4v) is 2.10. The predicted molar refractivity (Wildman–Crippen MR) is 70.6 cm³/mol. The summed E-state index contributed by atoms with van der Waals surface area (Å²) in [4.78, 5) is 21.8. The first-order valence-electron chi connectivity index (χ1n) is 5.39. The van der Waals surface area contributed by atoms with Crippen molar-refractivity contribution in [1.29, 1.82) is 0 Å². The first-order chi connectivity index (χ1) is 9.06. The van der Waals surface area contributed by atoms with E-state index < -0.39 is 11.9 Å². The number of thiophene rings is 1. The van der Waals surface area contributed by atoms with E-state index in [2.05, 4.69) is 0 Å². The number of rotatable bonds is 5. The van der Waals surface area contributed by atoms with Crippen LogP contribution < -0.4 is 10.5 Å². The van der Waals surface area contributed by atoms with Gasteiger partial charge in [0.1, 0.15) is 17.2 Å². The molecule has 0 saturated carbocycles. The van der Waals surface area contributed by atoms with Crippen LogP contribution in [0.1, 0.15) is 25.6 Å². The van der Waals surface area contributed by atoms with E-state index in [-0.39, 0.29) is 4.88 Å². The maximum Gasteiger partial charge on any atom is 0.346 e. The number of primary amides is 1. The van der Waals surface area contributed by atoms with Gasteiger partial charge in [0, 0.05) is 17.0 Å².